The predicted molar refractivity (Wildman–Crippen MR) is 71.2 cm³/mol. The average Bonchev–Trinajstić information content (AvgIpc) is 2.40. The van der Waals surface area contributed by atoms with Crippen LogP contribution in [0.4, 0.5) is 0 Å². The minimum absolute atomic E-state index is 0.00728. The van der Waals surface area contributed by atoms with E-state index in [9.17, 15) is 15.0 Å². The fourth-order valence-electron chi connectivity index (χ4n) is 1.99. The van der Waals surface area contributed by atoms with Gasteiger partial charge in [0.2, 0.25) is 5.43 Å². The summed E-state index contributed by atoms with van der Waals surface area (Å²) in [6, 6.07) is 10.7. The highest BCUT2D eigenvalue weighted by atomic mass is 16.3. The second kappa shape index (κ2) is 4.17. The third kappa shape index (κ3) is 1.93. The number of aromatic hydroxyl groups is 2. The normalized spacial score (nSPS) is 10.7. The summed E-state index contributed by atoms with van der Waals surface area (Å²) in [5.74, 6) is 0.0840. The lowest BCUT2D eigenvalue weighted by Crippen LogP contribution is -2.04. The van der Waals surface area contributed by atoms with Crippen molar-refractivity contribution >= 4 is 11.0 Å². The quantitative estimate of drug-likeness (QED) is 0.700. The van der Waals surface area contributed by atoms with Crippen LogP contribution in [-0.2, 0) is 0 Å². The zero-order valence-corrected chi connectivity index (χ0v) is 9.83. The van der Waals surface area contributed by atoms with Crippen molar-refractivity contribution in [2.75, 3.05) is 0 Å². The van der Waals surface area contributed by atoms with E-state index in [0.717, 1.165) is 0 Å². The Morgan fingerprint density at radius 3 is 2.53 bits per heavy atom. The van der Waals surface area contributed by atoms with Crippen molar-refractivity contribution in [1.82, 2.24) is 0 Å². The van der Waals surface area contributed by atoms with E-state index in [4.69, 9.17) is 4.42 Å². The van der Waals surface area contributed by atoms with E-state index < -0.39 is 0 Å². The average molecular weight is 254 g/mol. The molecular weight excluding hydrogens is 244 g/mol. The first-order valence-corrected chi connectivity index (χ1v) is 5.69. The number of fused-ring (bicyclic) bond motifs is 1. The van der Waals surface area contributed by atoms with Gasteiger partial charge in [0, 0.05) is 0 Å². The molecule has 0 saturated heterocycles. The molecule has 4 nitrogen and oxygen atoms in total. The maximum Gasteiger partial charge on any atom is 0.200 e. The summed E-state index contributed by atoms with van der Waals surface area (Å²) >= 11 is 0. The molecule has 3 aromatic rings. The van der Waals surface area contributed by atoms with Crippen LogP contribution in [0.5, 0.6) is 11.5 Å². The van der Waals surface area contributed by atoms with Gasteiger partial charge in [0.25, 0.3) is 0 Å². The summed E-state index contributed by atoms with van der Waals surface area (Å²) < 4.78 is 5.38. The molecule has 0 saturated carbocycles. The van der Waals surface area contributed by atoms with Crippen LogP contribution >= 0.6 is 0 Å². The molecule has 2 aromatic carbocycles. The Bertz CT molecular complexity index is 818. The summed E-state index contributed by atoms with van der Waals surface area (Å²) in [5, 5.41) is 19.2. The predicted octanol–water partition coefficient (Wildman–Crippen LogP) is 2.87. The Hall–Kier alpha value is -2.75. The molecule has 0 fully saturated rings. The van der Waals surface area contributed by atoms with Crippen LogP contribution in [0.1, 0.15) is 0 Å². The van der Waals surface area contributed by atoms with Crippen molar-refractivity contribution < 1.29 is 14.6 Å². The zero-order chi connectivity index (χ0) is 13.4. The first-order valence-electron chi connectivity index (χ1n) is 5.69. The summed E-state index contributed by atoms with van der Waals surface area (Å²) in [4.78, 5) is 12.3. The molecule has 0 atom stereocenters. The standard InChI is InChI=1S/C15H10O4/c16-10-3-1-2-9(6-10)13-8-19-14-5-4-11(17)7-12(14)15(13)18/h1-8,16-17H. The molecule has 0 radical (unpaired) electrons. The second-order valence-corrected chi connectivity index (χ2v) is 4.21. The molecule has 0 aliphatic carbocycles. The number of rotatable bonds is 1. The van der Waals surface area contributed by atoms with Gasteiger partial charge in [0.05, 0.1) is 10.9 Å². The smallest absolute Gasteiger partial charge is 0.200 e. The molecular formula is C15H10O4. The molecule has 4 heteroatoms. The van der Waals surface area contributed by atoms with Crippen molar-refractivity contribution in [2.24, 2.45) is 0 Å². The molecule has 0 spiro atoms. The van der Waals surface area contributed by atoms with Gasteiger partial charge in [-0.1, -0.05) is 12.1 Å². The lowest BCUT2D eigenvalue weighted by Gasteiger charge is -2.03. The summed E-state index contributed by atoms with van der Waals surface area (Å²) in [5.41, 5.74) is 1.07. The van der Waals surface area contributed by atoms with E-state index in [1.54, 1.807) is 12.1 Å². The lowest BCUT2D eigenvalue weighted by atomic mass is 10.1. The molecule has 0 bridgehead atoms. The van der Waals surface area contributed by atoms with Crippen LogP contribution < -0.4 is 5.43 Å². The molecule has 3 rings (SSSR count). The highest BCUT2D eigenvalue weighted by Crippen LogP contribution is 2.24. The number of phenols is 2. The van der Waals surface area contributed by atoms with Crippen molar-refractivity contribution in [3.63, 3.8) is 0 Å². The van der Waals surface area contributed by atoms with Gasteiger partial charge < -0.3 is 14.6 Å². The Morgan fingerprint density at radius 2 is 1.74 bits per heavy atom. The third-order valence-corrected chi connectivity index (χ3v) is 2.91. The third-order valence-electron chi connectivity index (χ3n) is 2.91. The van der Waals surface area contributed by atoms with Crippen LogP contribution in [0.25, 0.3) is 22.1 Å². The van der Waals surface area contributed by atoms with E-state index >= 15 is 0 Å². The van der Waals surface area contributed by atoms with E-state index in [-0.39, 0.29) is 16.9 Å². The molecule has 1 heterocycles. The minimum Gasteiger partial charge on any atom is -0.508 e. The van der Waals surface area contributed by atoms with Crippen LogP contribution in [0.15, 0.2) is 57.9 Å². The highest BCUT2D eigenvalue weighted by Gasteiger charge is 2.10. The molecule has 19 heavy (non-hydrogen) atoms. The Morgan fingerprint density at radius 1 is 0.947 bits per heavy atom. The van der Waals surface area contributed by atoms with Crippen molar-refractivity contribution in [1.29, 1.82) is 0 Å². The summed E-state index contributed by atoms with van der Waals surface area (Å²) in [6.45, 7) is 0. The van der Waals surface area contributed by atoms with Crippen molar-refractivity contribution in [2.45, 2.75) is 0 Å². The second-order valence-electron chi connectivity index (χ2n) is 4.21. The van der Waals surface area contributed by atoms with Crippen molar-refractivity contribution in [3.05, 3.63) is 59.0 Å². The van der Waals surface area contributed by atoms with Crippen LogP contribution in [-0.4, -0.2) is 10.2 Å². The zero-order valence-electron chi connectivity index (χ0n) is 9.83. The highest BCUT2D eigenvalue weighted by molar-refractivity contribution is 5.82. The fourth-order valence-corrected chi connectivity index (χ4v) is 1.99. The monoisotopic (exact) mass is 254 g/mol. The first kappa shape index (κ1) is 11.3. The number of benzene rings is 2. The maximum absolute atomic E-state index is 12.3. The van der Waals surface area contributed by atoms with E-state index in [2.05, 4.69) is 0 Å². The largest absolute Gasteiger partial charge is 0.508 e. The van der Waals surface area contributed by atoms with E-state index in [0.29, 0.717) is 22.1 Å². The topological polar surface area (TPSA) is 70.7 Å². The first-order chi connectivity index (χ1) is 9.15. The number of phenolic OH excluding ortho intramolecular Hbond substituents is 2. The Kier molecular flexibility index (Phi) is 2.49. The van der Waals surface area contributed by atoms with Gasteiger partial charge >= 0.3 is 0 Å². The molecule has 0 amide bonds. The lowest BCUT2D eigenvalue weighted by molar-refractivity contribution is 0.474. The molecule has 0 aliphatic heterocycles. The van der Waals surface area contributed by atoms with E-state index in [1.807, 2.05) is 0 Å². The Labute approximate surface area is 108 Å². The van der Waals surface area contributed by atoms with Gasteiger partial charge in [-0.15, -0.1) is 0 Å². The van der Waals surface area contributed by atoms with Crippen molar-refractivity contribution in [3.8, 4) is 22.6 Å². The number of hydrogen-bond donors (Lipinski definition) is 2. The van der Waals surface area contributed by atoms with Gasteiger partial charge in [0.1, 0.15) is 23.3 Å². The molecule has 0 aliphatic rings. The minimum atomic E-state index is -0.247. The van der Waals surface area contributed by atoms with Crippen LogP contribution in [0.2, 0.25) is 0 Å². The summed E-state index contributed by atoms with van der Waals surface area (Å²) in [6.07, 6.45) is 1.36. The van der Waals surface area contributed by atoms with Gasteiger partial charge in [-0.2, -0.15) is 0 Å². The van der Waals surface area contributed by atoms with Gasteiger partial charge in [0.15, 0.2) is 0 Å². The van der Waals surface area contributed by atoms with Gasteiger partial charge in [-0.05, 0) is 35.9 Å². The van der Waals surface area contributed by atoms with Gasteiger partial charge in [-0.25, -0.2) is 0 Å². The molecule has 0 unspecified atom stereocenters. The van der Waals surface area contributed by atoms with Gasteiger partial charge in [-0.3, -0.25) is 4.79 Å². The SMILES string of the molecule is O=c1c(-c2cccc(O)c2)coc2ccc(O)cc12. The Balaban J connectivity index is 2.31. The van der Waals surface area contributed by atoms with Crippen LogP contribution in [0, 0.1) is 0 Å². The molecule has 94 valence electrons. The number of hydrogen-bond acceptors (Lipinski definition) is 4. The molecule has 2 N–H and O–H groups in total. The van der Waals surface area contributed by atoms with Crippen LogP contribution in [0.3, 0.4) is 0 Å². The fraction of sp³-hybridized carbons (Fsp3) is 0. The molecule has 1 aromatic heterocycles. The summed E-state index contributed by atoms with van der Waals surface area (Å²) in [7, 11) is 0. The van der Waals surface area contributed by atoms with E-state index in [1.165, 1.54) is 36.6 Å². The maximum atomic E-state index is 12.3.